The van der Waals surface area contributed by atoms with Crippen LogP contribution in [0.25, 0.3) is 0 Å². The molecule has 1 aliphatic heterocycles. The summed E-state index contributed by atoms with van der Waals surface area (Å²) in [6.07, 6.45) is 10.3. The smallest absolute Gasteiger partial charge is 0.000780 e. The topological polar surface area (TPSA) is 12.0 Å². The van der Waals surface area contributed by atoms with Crippen molar-refractivity contribution in [1.82, 2.24) is 5.32 Å². The van der Waals surface area contributed by atoms with Gasteiger partial charge in [0.1, 0.15) is 0 Å². The highest BCUT2D eigenvalue weighted by atomic mass is 35.5. The van der Waals surface area contributed by atoms with Crippen molar-refractivity contribution in [2.45, 2.75) is 44.9 Å². The Balaban J connectivity index is 0.000000720. The molecule has 0 radical (unpaired) electrons. The Hall–Kier alpha value is 0.250. The molecule has 1 aliphatic carbocycles. The quantitative estimate of drug-likeness (QED) is 0.618. The zero-order valence-corrected chi connectivity index (χ0v) is 8.59. The largest absolute Gasteiger partial charge is 0.316 e. The van der Waals surface area contributed by atoms with Gasteiger partial charge in [-0.3, -0.25) is 0 Å². The monoisotopic (exact) mass is 189 g/mol. The Labute approximate surface area is 81.7 Å². The van der Waals surface area contributed by atoms with E-state index in [4.69, 9.17) is 0 Å². The van der Waals surface area contributed by atoms with Gasteiger partial charge in [0.25, 0.3) is 0 Å². The van der Waals surface area contributed by atoms with E-state index >= 15 is 0 Å². The predicted octanol–water partition coefficient (Wildman–Crippen LogP) is 2.74. The second-order valence-electron chi connectivity index (χ2n) is 4.34. The maximum absolute atomic E-state index is 3.58. The third-order valence-corrected chi connectivity index (χ3v) is 3.47. The van der Waals surface area contributed by atoms with Gasteiger partial charge in [0.15, 0.2) is 0 Å². The van der Waals surface area contributed by atoms with Crippen LogP contribution >= 0.6 is 12.4 Å². The van der Waals surface area contributed by atoms with Crippen molar-refractivity contribution in [3.8, 4) is 0 Å². The van der Waals surface area contributed by atoms with Gasteiger partial charge in [-0.05, 0) is 37.6 Å². The molecule has 0 bridgehead atoms. The maximum Gasteiger partial charge on any atom is 0.000780 e. The minimum atomic E-state index is 0. The van der Waals surface area contributed by atoms with Crippen LogP contribution in [0, 0.1) is 5.41 Å². The first-order valence-electron chi connectivity index (χ1n) is 5.12. The van der Waals surface area contributed by atoms with Crippen LogP contribution in [0.15, 0.2) is 0 Å². The molecule has 0 amide bonds. The molecule has 0 unspecified atom stereocenters. The number of halogens is 1. The Morgan fingerprint density at radius 2 is 1.42 bits per heavy atom. The lowest BCUT2D eigenvalue weighted by Gasteiger charge is -2.26. The number of hydrogen-bond donors (Lipinski definition) is 1. The zero-order chi connectivity index (χ0) is 7.57. The predicted molar refractivity (Wildman–Crippen MR) is 54.9 cm³/mol. The van der Waals surface area contributed by atoms with E-state index in [0.717, 1.165) is 5.41 Å². The zero-order valence-electron chi connectivity index (χ0n) is 7.77. The van der Waals surface area contributed by atoms with Crippen molar-refractivity contribution in [3.05, 3.63) is 0 Å². The lowest BCUT2D eigenvalue weighted by atomic mass is 9.82. The minimum absolute atomic E-state index is 0. The molecule has 72 valence electrons. The molecule has 2 aliphatic rings. The van der Waals surface area contributed by atoms with Gasteiger partial charge < -0.3 is 5.32 Å². The van der Waals surface area contributed by atoms with Crippen LogP contribution < -0.4 is 5.32 Å². The first-order chi connectivity index (χ1) is 5.41. The Morgan fingerprint density at radius 3 is 2.08 bits per heavy atom. The van der Waals surface area contributed by atoms with E-state index in [1.807, 2.05) is 0 Å². The fourth-order valence-corrected chi connectivity index (χ4v) is 2.74. The second-order valence-corrected chi connectivity index (χ2v) is 4.34. The Kier molecular flexibility index (Phi) is 3.85. The van der Waals surface area contributed by atoms with Crippen LogP contribution in [0.4, 0.5) is 0 Å². The van der Waals surface area contributed by atoms with Gasteiger partial charge in [-0.25, -0.2) is 0 Å². The van der Waals surface area contributed by atoms with Crippen molar-refractivity contribution in [1.29, 1.82) is 0 Å². The van der Waals surface area contributed by atoms with Crippen LogP contribution in [0.5, 0.6) is 0 Å². The first kappa shape index (κ1) is 10.3. The summed E-state index contributed by atoms with van der Waals surface area (Å²) in [5, 5.41) is 3.58. The van der Waals surface area contributed by atoms with Gasteiger partial charge in [-0.15, -0.1) is 12.4 Å². The van der Waals surface area contributed by atoms with E-state index in [1.165, 1.54) is 58.0 Å². The van der Waals surface area contributed by atoms with Crippen LogP contribution in [-0.4, -0.2) is 13.1 Å². The molecular formula is C10H20ClN. The number of nitrogens with one attached hydrogen (secondary N) is 1. The van der Waals surface area contributed by atoms with Gasteiger partial charge in [0.2, 0.25) is 0 Å². The molecule has 1 N–H and O–H groups in total. The second kappa shape index (κ2) is 4.48. The summed E-state index contributed by atoms with van der Waals surface area (Å²) in [6.45, 7) is 2.58. The van der Waals surface area contributed by atoms with Gasteiger partial charge in [-0.1, -0.05) is 19.3 Å². The molecule has 1 saturated carbocycles. The Bertz CT molecular complexity index is 120. The summed E-state index contributed by atoms with van der Waals surface area (Å²) in [4.78, 5) is 0. The summed E-state index contributed by atoms with van der Waals surface area (Å²) in [5.74, 6) is 0. The average molecular weight is 190 g/mol. The van der Waals surface area contributed by atoms with E-state index in [0.29, 0.717) is 0 Å². The minimum Gasteiger partial charge on any atom is -0.316 e. The van der Waals surface area contributed by atoms with Crippen LogP contribution in [0.1, 0.15) is 44.9 Å². The molecule has 12 heavy (non-hydrogen) atoms. The molecule has 1 spiro atoms. The molecule has 0 atom stereocenters. The average Bonchev–Trinajstić information content (AvgIpc) is 2.32. The van der Waals surface area contributed by atoms with Crippen molar-refractivity contribution in [2.75, 3.05) is 13.1 Å². The molecule has 0 aromatic carbocycles. The highest BCUT2D eigenvalue weighted by Crippen LogP contribution is 2.42. The first-order valence-corrected chi connectivity index (χ1v) is 5.12. The fourth-order valence-electron chi connectivity index (χ4n) is 2.74. The fraction of sp³-hybridized carbons (Fsp3) is 1.00. The summed E-state index contributed by atoms with van der Waals surface area (Å²) in [6, 6.07) is 0. The molecule has 1 nitrogen and oxygen atoms in total. The molecule has 2 rings (SSSR count). The highest BCUT2D eigenvalue weighted by Gasteiger charge is 2.33. The van der Waals surface area contributed by atoms with E-state index in [1.54, 1.807) is 0 Å². The molecule has 0 aromatic rings. The van der Waals surface area contributed by atoms with Crippen LogP contribution in [0.2, 0.25) is 0 Å². The SMILES string of the molecule is C1CCC2(CCCC2)CNC1.Cl. The van der Waals surface area contributed by atoms with Crippen LogP contribution in [0.3, 0.4) is 0 Å². The normalized spacial score (nSPS) is 28.0. The number of rotatable bonds is 0. The lowest BCUT2D eigenvalue weighted by molar-refractivity contribution is 0.273. The molecule has 1 heterocycles. The molecule has 2 fully saturated rings. The van der Waals surface area contributed by atoms with Crippen molar-refractivity contribution < 1.29 is 0 Å². The highest BCUT2D eigenvalue weighted by molar-refractivity contribution is 5.85. The molecule has 0 aromatic heterocycles. The number of hydrogen-bond acceptors (Lipinski definition) is 1. The van der Waals surface area contributed by atoms with Gasteiger partial charge in [0, 0.05) is 6.54 Å². The van der Waals surface area contributed by atoms with Crippen LogP contribution in [-0.2, 0) is 0 Å². The van der Waals surface area contributed by atoms with Gasteiger partial charge in [-0.2, -0.15) is 0 Å². The third kappa shape index (κ3) is 2.14. The van der Waals surface area contributed by atoms with Crippen molar-refractivity contribution in [2.24, 2.45) is 5.41 Å². The third-order valence-electron chi connectivity index (χ3n) is 3.47. The van der Waals surface area contributed by atoms with Gasteiger partial charge >= 0.3 is 0 Å². The summed E-state index contributed by atoms with van der Waals surface area (Å²) in [5.41, 5.74) is 0.747. The molecule has 1 saturated heterocycles. The summed E-state index contributed by atoms with van der Waals surface area (Å²) < 4.78 is 0. The van der Waals surface area contributed by atoms with E-state index in [9.17, 15) is 0 Å². The van der Waals surface area contributed by atoms with E-state index in [2.05, 4.69) is 5.32 Å². The summed E-state index contributed by atoms with van der Waals surface area (Å²) >= 11 is 0. The maximum atomic E-state index is 3.58. The van der Waals surface area contributed by atoms with E-state index in [-0.39, 0.29) is 12.4 Å². The summed E-state index contributed by atoms with van der Waals surface area (Å²) in [7, 11) is 0. The van der Waals surface area contributed by atoms with Crippen molar-refractivity contribution >= 4 is 12.4 Å². The van der Waals surface area contributed by atoms with Gasteiger partial charge in [0.05, 0.1) is 0 Å². The Morgan fingerprint density at radius 1 is 0.833 bits per heavy atom. The molecular weight excluding hydrogens is 170 g/mol. The lowest BCUT2D eigenvalue weighted by Crippen LogP contribution is -2.29. The van der Waals surface area contributed by atoms with E-state index < -0.39 is 0 Å². The standard InChI is InChI=1S/C10H19N.ClH/c1-2-6-10(5-1)7-3-4-8-11-9-10;/h11H,1-9H2;1H. The van der Waals surface area contributed by atoms with Crippen molar-refractivity contribution in [3.63, 3.8) is 0 Å². The molecule has 2 heteroatoms.